The molecule has 0 amide bonds. The van der Waals surface area contributed by atoms with Crippen LogP contribution < -0.4 is 0 Å². The summed E-state index contributed by atoms with van der Waals surface area (Å²) >= 11 is 0. The average molecular weight is 651 g/mol. The number of hydrogen-bond acceptors (Lipinski definition) is 2. The van der Waals surface area contributed by atoms with E-state index in [1.807, 2.05) is 18.2 Å². The lowest BCUT2D eigenvalue weighted by Crippen LogP contribution is -2.06. The number of fused-ring (bicyclic) bond motifs is 9. The third-order valence-corrected chi connectivity index (χ3v) is 10.5. The molecule has 10 aromatic rings. The second-order valence-electron chi connectivity index (χ2n) is 13.4. The van der Waals surface area contributed by atoms with Crippen LogP contribution in [0.1, 0.15) is 11.1 Å². The van der Waals surface area contributed by atoms with Crippen LogP contribution in [0.25, 0.3) is 89.1 Å². The van der Waals surface area contributed by atoms with Gasteiger partial charge in [0.05, 0.1) is 11.0 Å². The van der Waals surface area contributed by atoms with E-state index in [2.05, 4.69) is 161 Å². The molecule has 4 heteroatoms. The summed E-state index contributed by atoms with van der Waals surface area (Å²) in [5.41, 5.74) is 13.2. The molecule has 0 aliphatic heterocycles. The molecule has 0 saturated carbocycles. The number of hydrogen-bond donors (Lipinski definition) is 0. The van der Waals surface area contributed by atoms with E-state index in [1.54, 1.807) is 0 Å². The van der Waals surface area contributed by atoms with Gasteiger partial charge >= 0.3 is 0 Å². The summed E-state index contributed by atoms with van der Waals surface area (Å²) in [6.45, 7) is 0. The fourth-order valence-electron chi connectivity index (χ4n) is 8.32. The van der Waals surface area contributed by atoms with E-state index in [0.29, 0.717) is 5.82 Å². The predicted octanol–water partition coefficient (Wildman–Crippen LogP) is 11.6. The van der Waals surface area contributed by atoms with E-state index < -0.39 is 0 Å². The topological polar surface area (TPSA) is 35.1 Å². The first-order chi connectivity index (χ1) is 25.3. The molecule has 0 saturated heterocycles. The zero-order chi connectivity index (χ0) is 33.5. The van der Waals surface area contributed by atoms with Crippen LogP contribution in [-0.2, 0) is 6.42 Å². The van der Waals surface area contributed by atoms with Gasteiger partial charge in [0.15, 0.2) is 11.5 Å². The normalized spacial score (nSPS) is 12.2. The van der Waals surface area contributed by atoms with Crippen LogP contribution in [-0.4, -0.2) is 18.9 Å². The van der Waals surface area contributed by atoms with Crippen molar-refractivity contribution in [1.82, 2.24) is 18.9 Å². The molecular formula is C47H30N4. The van der Waals surface area contributed by atoms with Crippen molar-refractivity contribution in [2.24, 2.45) is 0 Å². The molecule has 4 nitrogen and oxygen atoms in total. The van der Waals surface area contributed by atoms with Gasteiger partial charge in [-0.1, -0.05) is 152 Å². The number of nitrogens with zero attached hydrogens (tertiary/aromatic N) is 4. The van der Waals surface area contributed by atoms with Gasteiger partial charge in [0, 0.05) is 32.7 Å². The minimum absolute atomic E-state index is 0.709. The highest BCUT2D eigenvalue weighted by atomic mass is 15.2. The van der Waals surface area contributed by atoms with E-state index in [-0.39, 0.29) is 0 Å². The molecule has 0 N–H and O–H groups in total. The molecule has 0 spiro atoms. The SMILES string of the molecule is c1ccc(-c2nc(-c3ccccc3)n3c(-n4c5ccccc5c5cc(-c6cccc7c6-c6ccccc6C7)ccc54)c4ccccc4c3n2)cc1. The Morgan fingerprint density at radius 2 is 1.08 bits per heavy atom. The Labute approximate surface area is 294 Å². The maximum atomic E-state index is 5.31. The largest absolute Gasteiger partial charge is 0.294 e. The van der Waals surface area contributed by atoms with E-state index in [1.165, 1.54) is 44.2 Å². The van der Waals surface area contributed by atoms with Gasteiger partial charge in [0.2, 0.25) is 0 Å². The summed E-state index contributed by atoms with van der Waals surface area (Å²) in [5, 5.41) is 4.64. The summed E-state index contributed by atoms with van der Waals surface area (Å²) < 4.78 is 4.69. The van der Waals surface area contributed by atoms with Gasteiger partial charge in [-0.25, -0.2) is 9.97 Å². The van der Waals surface area contributed by atoms with Gasteiger partial charge in [0.25, 0.3) is 0 Å². The van der Waals surface area contributed by atoms with E-state index in [9.17, 15) is 0 Å². The number of aromatic nitrogens is 4. The molecule has 0 bridgehead atoms. The Balaban J connectivity index is 1.23. The van der Waals surface area contributed by atoms with Gasteiger partial charge in [-0.15, -0.1) is 0 Å². The van der Waals surface area contributed by atoms with Gasteiger partial charge < -0.3 is 0 Å². The first-order valence-electron chi connectivity index (χ1n) is 17.5. The summed E-state index contributed by atoms with van der Waals surface area (Å²) in [5.74, 6) is 2.60. The second-order valence-corrected chi connectivity index (χ2v) is 13.4. The zero-order valence-electron chi connectivity index (χ0n) is 27.7. The first kappa shape index (κ1) is 28.1. The molecule has 0 unspecified atom stereocenters. The molecule has 3 heterocycles. The molecular weight excluding hydrogens is 621 g/mol. The van der Waals surface area contributed by atoms with Crippen LogP contribution in [0.15, 0.2) is 170 Å². The van der Waals surface area contributed by atoms with Crippen molar-refractivity contribution < 1.29 is 0 Å². The summed E-state index contributed by atoms with van der Waals surface area (Å²) in [4.78, 5) is 10.6. The van der Waals surface area contributed by atoms with Crippen LogP contribution >= 0.6 is 0 Å². The van der Waals surface area contributed by atoms with E-state index in [0.717, 1.165) is 56.6 Å². The maximum Gasteiger partial charge on any atom is 0.163 e. The Hall–Kier alpha value is -6.78. The highest BCUT2D eigenvalue weighted by Gasteiger charge is 2.25. The number of rotatable bonds is 4. The third-order valence-electron chi connectivity index (χ3n) is 10.5. The van der Waals surface area contributed by atoms with Gasteiger partial charge in [0.1, 0.15) is 11.6 Å². The molecule has 0 atom stereocenters. The second kappa shape index (κ2) is 10.9. The summed E-state index contributed by atoms with van der Waals surface area (Å²) in [7, 11) is 0. The smallest absolute Gasteiger partial charge is 0.163 e. The fourth-order valence-corrected chi connectivity index (χ4v) is 8.32. The molecule has 1 aliphatic rings. The van der Waals surface area contributed by atoms with Crippen LogP contribution in [0.2, 0.25) is 0 Å². The van der Waals surface area contributed by atoms with E-state index >= 15 is 0 Å². The minimum atomic E-state index is 0.709. The highest BCUT2D eigenvalue weighted by molar-refractivity contribution is 6.13. The van der Waals surface area contributed by atoms with Crippen LogP contribution in [0.4, 0.5) is 0 Å². The molecule has 238 valence electrons. The molecule has 3 aromatic heterocycles. The third kappa shape index (κ3) is 4.14. The molecule has 1 aliphatic carbocycles. The molecule has 51 heavy (non-hydrogen) atoms. The Morgan fingerprint density at radius 1 is 0.431 bits per heavy atom. The highest BCUT2D eigenvalue weighted by Crippen LogP contribution is 2.45. The van der Waals surface area contributed by atoms with Crippen LogP contribution in [0, 0.1) is 0 Å². The quantitative estimate of drug-likeness (QED) is 0.190. The summed E-state index contributed by atoms with van der Waals surface area (Å²) in [6.07, 6.45) is 0.979. The monoisotopic (exact) mass is 650 g/mol. The lowest BCUT2D eigenvalue weighted by atomic mass is 9.93. The van der Waals surface area contributed by atoms with Crippen molar-refractivity contribution in [3.63, 3.8) is 0 Å². The van der Waals surface area contributed by atoms with Crippen molar-refractivity contribution in [2.75, 3.05) is 0 Å². The van der Waals surface area contributed by atoms with Crippen LogP contribution in [0.5, 0.6) is 0 Å². The van der Waals surface area contributed by atoms with Gasteiger partial charge in [-0.2, -0.15) is 0 Å². The van der Waals surface area contributed by atoms with Gasteiger partial charge in [-0.05, 0) is 58.0 Å². The Morgan fingerprint density at radius 3 is 1.92 bits per heavy atom. The number of para-hydroxylation sites is 1. The Kier molecular flexibility index (Phi) is 5.98. The molecule has 11 rings (SSSR count). The molecule has 0 radical (unpaired) electrons. The van der Waals surface area contributed by atoms with Crippen molar-refractivity contribution in [3.8, 4) is 50.8 Å². The van der Waals surface area contributed by atoms with Crippen molar-refractivity contribution in [1.29, 1.82) is 0 Å². The predicted molar refractivity (Wildman–Crippen MR) is 209 cm³/mol. The molecule has 0 fully saturated rings. The maximum absolute atomic E-state index is 5.31. The first-order valence-corrected chi connectivity index (χ1v) is 17.5. The van der Waals surface area contributed by atoms with E-state index in [4.69, 9.17) is 9.97 Å². The number of benzene rings is 7. The molecule has 7 aromatic carbocycles. The van der Waals surface area contributed by atoms with Crippen molar-refractivity contribution in [2.45, 2.75) is 6.42 Å². The Bertz CT molecular complexity index is 2990. The zero-order valence-corrected chi connectivity index (χ0v) is 27.7. The van der Waals surface area contributed by atoms with Gasteiger partial charge in [-0.3, -0.25) is 8.97 Å². The summed E-state index contributed by atoms with van der Waals surface area (Å²) in [6, 6.07) is 60.8. The van der Waals surface area contributed by atoms with Crippen LogP contribution in [0.3, 0.4) is 0 Å². The lowest BCUT2D eigenvalue weighted by molar-refractivity contribution is 0.986. The fraction of sp³-hybridized carbons (Fsp3) is 0.0213. The standard InChI is InChI=1S/C47H30N4/c1-3-14-30(15-4-1)44-48-45(31-16-5-2-6-17-31)51-46(49-44)38-22-9-10-23-39(38)47(51)50-41-25-12-11-21-37(41)40-29-33(26-27-42(40)50)36-24-13-19-34-28-32-18-7-8-20-35(32)43(34)36/h1-27,29H,28H2. The lowest BCUT2D eigenvalue weighted by Gasteiger charge is -2.14. The minimum Gasteiger partial charge on any atom is -0.294 e. The van der Waals surface area contributed by atoms with Crippen molar-refractivity contribution in [3.05, 3.63) is 181 Å². The van der Waals surface area contributed by atoms with Crippen molar-refractivity contribution >= 4 is 38.2 Å². The average Bonchev–Trinajstić information content (AvgIpc) is 3.85.